The van der Waals surface area contributed by atoms with Crippen LogP contribution >= 0.6 is 0 Å². The number of nitriles is 2. The van der Waals surface area contributed by atoms with Crippen LogP contribution < -0.4 is 14.5 Å². The first-order valence-electron chi connectivity index (χ1n) is 8.11. The van der Waals surface area contributed by atoms with Gasteiger partial charge in [-0.2, -0.15) is 10.5 Å². The Labute approximate surface area is 147 Å². The fourth-order valence-corrected chi connectivity index (χ4v) is 3.08. The molecule has 0 unspecified atom stereocenters. The van der Waals surface area contributed by atoms with Crippen molar-refractivity contribution in [3.05, 3.63) is 47.7 Å². The lowest BCUT2D eigenvalue weighted by atomic mass is 10.1. The first-order valence-corrected chi connectivity index (χ1v) is 8.11. The van der Waals surface area contributed by atoms with Gasteiger partial charge < -0.3 is 14.5 Å². The van der Waals surface area contributed by atoms with Crippen LogP contribution in [0.15, 0.2) is 36.5 Å². The zero-order valence-electron chi connectivity index (χ0n) is 14.3. The molecular formula is C19H19N5O. The van der Waals surface area contributed by atoms with Gasteiger partial charge >= 0.3 is 0 Å². The lowest BCUT2D eigenvalue weighted by molar-refractivity contribution is 0.225. The average Bonchev–Trinajstić information content (AvgIpc) is 3.09. The summed E-state index contributed by atoms with van der Waals surface area (Å²) in [5, 5.41) is 18.7. The molecule has 6 nitrogen and oxygen atoms in total. The van der Waals surface area contributed by atoms with E-state index in [-0.39, 0.29) is 6.10 Å². The fourth-order valence-electron chi connectivity index (χ4n) is 3.08. The first-order chi connectivity index (χ1) is 12.1. The van der Waals surface area contributed by atoms with E-state index in [9.17, 15) is 10.5 Å². The van der Waals surface area contributed by atoms with Crippen LogP contribution in [0.25, 0.3) is 0 Å². The summed E-state index contributed by atoms with van der Waals surface area (Å²) in [6.07, 6.45) is 2.55. The Balaban J connectivity index is 1.80. The van der Waals surface area contributed by atoms with Crippen molar-refractivity contribution in [2.24, 2.45) is 0 Å². The molecule has 0 spiro atoms. The fraction of sp³-hybridized carbons (Fsp3) is 0.316. The third kappa shape index (κ3) is 3.34. The monoisotopic (exact) mass is 333 g/mol. The summed E-state index contributed by atoms with van der Waals surface area (Å²) in [6.45, 7) is 1.38. The van der Waals surface area contributed by atoms with Gasteiger partial charge in [0.05, 0.1) is 23.4 Å². The van der Waals surface area contributed by atoms with Crippen molar-refractivity contribution in [3.8, 4) is 17.9 Å². The highest BCUT2D eigenvalue weighted by molar-refractivity contribution is 5.68. The van der Waals surface area contributed by atoms with E-state index in [0.717, 1.165) is 24.5 Å². The predicted molar refractivity (Wildman–Crippen MR) is 95.7 cm³/mol. The topological polar surface area (TPSA) is 76.2 Å². The van der Waals surface area contributed by atoms with Gasteiger partial charge in [-0.05, 0) is 24.3 Å². The van der Waals surface area contributed by atoms with Gasteiger partial charge in [0.25, 0.3) is 0 Å². The molecule has 0 N–H and O–H groups in total. The van der Waals surface area contributed by atoms with Crippen molar-refractivity contribution in [3.63, 3.8) is 0 Å². The minimum Gasteiger partial charge on any atom is -0.485 e. The molecule has 1 aliphatic rings. The molecule has 2 aromatic rings. The van der Waals surface area contributed by atoms with E-state index in [0.29, 0.717) is 23.4 Å². The zero-order valence-corrected chi connectivity index (χ0v) is 14.3. The van der Waals surface area contributed by atoms with Crippen molar-refractivity contribution < 1.29 is 4.74 Å². The number of anilines is 2. The number of hydrogen-bond donors (Lipinski definition) is 0. The molecular weight excluding hydrogens is 314 g/mol. The Bertz CT molecular complexity index is 817. The van der Waals surface area contributed by atoms with Crippen molar-refractivity contribution in [1.29, 1.82) is 10.5 Å². The highest BCUT2D eigenvalue weighted by atomic mass is 16.5. The summed E-state index contributed by atoms with van der Waals surface area (Å²) >= 11 is 0. The van der Waals surface area contributed by atoms with E-state index in [4.69, 9.17) is 4.74 Å². The summed E-state index contributed by atoms with van der Waals surface area (Å²) in [4.78, 5) is 8.33. The van der Waals surface area contributed by atoms with Gasteiger partial charge in [-0.25, -0.2) is 4.98 Å². The van der Waals surface area contributed by atoms with Gasteiger partial charge in [0, 0.05) is 33.3 Å². The molecule has 0 bridgehead atoms. The second kappa shape index (κ2) is 7.11. The SMILES string of the molecule is CN(C)c1ncccc1O[C@@H]1CCN(c2c(C#N)cccc2C#N)C1. The Morgan fingerprint density at radius 1 is 1.16 bits per heavy atom. The zero-order chi connectivity index (χ0) is 17.8. The molecule has 1 aliphatic heterocycles. The Morgan fingerprint density at radius 2 is 1.88 bits per heavy atom. The smallest absolute Gasteiger partial charge is 0.170 e. The van der Waals surface area contributed by atoms with Crippen molar-refractivity contribution in [2.75, 3.05) is 37.0 Å². The summed E-state index contributed by atoms with van der Waals surface area (Å²) in [5.41, 5.74) is 1.75. The highest BCUT2D eigenvalue weighted by Gasteiger charge is 2.28. The number of para-hydroxylation sites is 1. The number of ether oxygens (including phenoxy) is 1. The van der Waals surface area contributed by atoms with E-state index < -0.39 is 0 Å². The Hall–Kier alpha value is -3.25. The summed E-state index contributed by atoms with van der Waals surface area (Å²) in [6, 6.07) is 13.4. The molecule has 3 rings (SSSR count). The first kappa shape index (κ1) is 16.6. The third-order valence-corrected chi connectivity index (χ3v) is 4.21. The molecule has 0 aliphatic carbocycles. The van der Waals surface area contributed by atoms with Crippen LogP contribution in [0.1, 0.15) is 17.5 Å². The van der Waals surface area contributed by atoms with E-state index in [1.165, 1.54) is 0 Å². The normalized spacial score (nSPS) is 16.2. The number of aromatic nitrogens is 1. The van der Waals surface area contributed by atoms with Crippen LogP contribution in [0.4, 0.5) is 11.5 Å². The van der Waals surface area contributed by atoms with Crippen LogP contribution in [0.3, 0.4) is 0 Å². The molecule has 126 valence electrons. The molecule has 1 aromatic carbocycles. The van der Waals surface area contributed by atoms with E-state index >= 15 is 0 Å². The van der Waals surface area contributed by atoms with Gasteiger partial charge in [-0.3, -0.25) is 0 Å². The maximum atomic E-state index is 9.37. The van der Waals surface area contributed by atoms with Gasteiger partial charge in [0.1, 0.15) is 18.2 Å². The molecule has 1 aromatic heterocycles. The quantitative estimate of drug-likeness (QED) is 0.856. The standard InChI is InChI=1S/C19H19N5O/c1-23(2)19-17(7-4-9-22-19)25-16-8-10-24(13-16)18-14(11-20)5-3-6-15(18)12-21/h3-7,9,16H,8,10,13H2,1-2H3/t16-/m1/s1. The van der Waals surface area contributed by atoms with Crippen molar-refractivity contribution >= 4 is 11.5 Å². The third-order valence-electron chi connectivity index (χ3n) is 4.21. The molecule has 1 fully saturated rings. The number of hydrogen-bond acceptors (Lipinski definition) is 6. The van der Waals surface area contributed by atoms with Gasteiger partial charge in [-0.15, -0.1) is 0 Å². The van der Waals surface area contributed by atoms with Crippen LogP contribution in [0.5, 0.6) is 5.75 Å². The maximum Gasteiger partial charge on any atom is 0.170 e. The minimum atomic E-state index is -0.0128. The van der Waals surface area contributed by atoms with Crippen LogP contribution in [0.2, 0.25) is 0 Å². The van der Waals surface area contributed by atoms with Gasteiger partial charge in [0.2, 0.25) is 0 Å². The number of pyridine rings is 1. The molecule has 1 saturated heterocycles. The summed E-state index contributed by atoms with van der Waals surface area (Å²) in [5.74, 6) is 1.53. The lowest BCUT2D eigenvalue weighted by Gasteiger charge is -2.22. The lowest BCUT2D eigenvalue weighted by Crippen LogP contribution is -2.26. The summed E-state index contributed by atoms with van der Waals surface area (Å²) < 4.78 is 6.15. The van der Waals surface area contributed by atoms with Crippen LogP contribution in [0, 0.1) is 22.7 Å². The van der Waals surface area contributed by atoms with Gasteiger partial charge in [0.15, 0.2) is 11.6 Å². The second-order valence-corrected chi connectivity index (χ2v) is 6.12. The molecule has 0 radical (unpaired) electrons. The van der Waals surface area contributed by atoms with Gasteiger partial charge in [-0.1, -0.05) is 6.07 Å². The van der Waals surface area contributed by atoms with Crippen LogP contribution in [-0.2, 0) is 0 Å². The molecule has 1 atom stereocenters. The van der Waals surface area contributed by atoms with Crippen molar-refractivity contribution in [2.45, 2.75) is 12.5 Å². The Kier molecular flexibility index (Phi) is 4.72. The Morgan fingerprint density at radius 3 is 2.52 bits per heavy atom. The van der Waals surface area contributed by atoms with E-state index in [1.807, 2.05) is 31.1 Å². The van der Waals surface area contributed by atoms with E-state index in [2.05, 4.69) is 22.0 Å². The molecule has 0 amide bonds. The molecule has 2 heterocycles. The molecule has 6 heteroatoms. The minimum absolute atomic E-state index is 0.0128. The number of rotatable bonds is 4. The number of nitrogens with zero attached hydrogens (tertiary/aromatic N) is 5. The molecule has 25 heavy (non-hydrogen) atoms. The molecule has 0 saturated carbocycles. The van der Waals surface area contributed by atoms with Crippen LogP contribution in [-0.4, -0.2) is 38.3 Å². The van der Waals surface area contributed by atoms with E-state index in [1.54, 1.807) is 24.4 Å². The summed E-state index contributed by atoms with van der Waals surface area (Å²) in [7, 11) is 3.86. The largest absolute Gasteiger partial charge is 0.485 e. The van der Waals surface area contributed by atoms with Crippen molar-refractivity contribution in [1.82, 2.24) is 4.98 Å². The second-order valence-electron chi connectivity index (χ2n) is 6.12. The predicted octanol–water partition coefficient (Wildman–Crippen LogP) is 2.55. The highest BCUT2D eigenvalue weighted by Crippen LogP contribution is 2.31. The maximum absolute atomic E-state index is 9.37. The average molecular weight is 333 g/mol. The number of benzene rings is 1.